The van der Waals surface area contributed by atoms with Gasteiger partial charge in [0.2, 0.25) is 5.91 Å². The third-order valence-electron chi connectivity index (χ3n) is 2.86. The molecule has 0 unspecified atom stereocenters. The fourth-order valence-electron chi connectivity index (χ4n) is 1.91. The highest BCUT2D eigenvalue weighted by molar-refractivity contribution is 5.79. The van der Waals surface area contributed by atoms with Crippen LogP contribution >= 0.6 is 0 Å². The van der Waals surface area contributed by atoms with Gasteiger partial charge in [0, 0.05) is 24.8 Å². The molecule has 1 heterocycles. The van der Waals surface area contributed by atoms with Crippen LogP contribution in [0.2, 0.25) is 0 Å². The number of nitrogens with one attached hydrogen (secondary N) is 1. The fourth-order valence-corrected chi connectivity index (χ4v) is 1.91. The van der Waals surface area contributed by atoms with Crippen LogP contribution in [0.1, 0.15) is 32.3 Å². The molecule has 0 bridgehead atoms. The molecule has 19 heavy (non-hydrogen) atoms. The molecular weight excluding hydrogens is 240 g/mol. The molecule has 1 aromatic heterocycles. The number of rotatable bonds is 9. The van der Waals surface area contributed by atoms with E-state index in [-0.39, 0.29) is 12.5 Å². The molecule has 0 atom stereocenters. The lowest BCUT2D eigenvalue weighted by atomic mass is 10.2. The molecule has 0 aliphatic rings. The van der Waals surface area contributed by atoms with Gasteiger partial charge in [0.05, 0.1) is 6.54 Å². The lowest BCUT2D eigenvalue weighted by molar-refractivity contribution is -0.116. The Morgan fingerprint density at radius 2 is 2.26 bits per heavy atom. The molecule has 0 aromatic carbocycles. The van der Waals surface area contributed by atoms with Gasteiger partial charge in [-0.1, -0.05) is 26.3 Å². The van der Waals surface area contributed by atoms with Gasteiger partial charge in [-0.05, 0) is 19.0 Å². The van der Waals surface area contributed by atoms with Crippen LogP contribution in [0.15, 0.2) is 18.3 Å². The standard InChI is InChI=1S/C14H24N4O/c1-3-5-9-18(11-13(15)19)14-12(10-16-4-2)7-6-8-17-14/h6-8,16H,3-5,9-11H2,1-2H3,(H2,15,19). The molecule has 1 rings (SSSR count). The van der Waals surface area contributed by atoms with Crippen molar-refractivity contribution in [3.8, 4) is 0 Å². The van der Waals surface area contributed by atoms with Crippen LogP contribution in [0.5, 0.6) is 0 Å². The summed E-state index contributed by atoms with van der Waals surface area (Å²) in [6.07, 6.45) is 3.85. The number of hydrogen-bond donors (Lipinski definition) is 2. The molecule has 0 aliphatic heterocycles. The van der Waals surface area contributed by atoms with E-state index in [1.165, 1.54) is 0 Å². The van der Waals surface area contributed by atoms with Crippen LogP contribution in [0.25, 0.3) is 0 Å². The molecule has 106 valence electrons. The second-order valence-corrected chi connectivity index (χ2v) is 4.51. The average Bonchev–Trinajstić information content (AvgIpc) is 2.41. The van der Waals surface area contributed by atoms with E-state index in [1.807, 2.05) is 17.0 Å². The highest BCUT2D eigenvalue weighted by Crippen LogP contribution is 2.17. The van der Waals surface area contributed by atoms with Crippen LogP contribution in [-0.4, -0.2) is 30.5 Å². The van der Waals surface area contributed by atoms with Gasteiger partial charge in [-0.15, -0.1) is 0 Å². The molecule has 0 radical (unpaired) electrons. The Bertz CT molecular complexity index is 395. The zero-order valence-electron chi connectivity index (χ0n) is 11.9. The first kappa shape index (κ1) is 15.4. The van der Waals surface area contributed by atoms with E-state index in [4.69, 9.17) is 5.73 Å². The SMILES string of the molecule is CCCCN(CC(N)=O)c1ncccc1CNCC. The van der Waals surface area contributed by atoms with Crippen molar-refractivity contribution in [3.05, 3.63) is 23.9 Å². The second kappa shape index (κ2) is 8.48. The normalized spacial score (nSPS) is 10.4. The monoisotopic (exact) mass is 264 g/mol. The third kappa shape index (κ3) is 5.26. The predicted octanol–water partition coefficient (Wildman–Crippen LogP) is 1.28. The van der Waals surface area contributed by atoms with Crippen molar-refractivity contribution in [2.24, 2.45) is 5.73 Å². The summed E-state index contributed by atoms with van der Waals surface area (Å²) in [5, 5.41) is 3.29. The molecule has 0 aliphatic carbocycles. The Labute approximate surface area is 115 Å². The molecule has 5 heteroatoms. The van der Waals surface area contributed by atoms with Gasteiger partial charge in [0.1, 0.15) is 5.82 Å². The summed E-state index contributed by atoms with van der Waals surface area (Å²) in [4.78, 5) is 17.6. The van der Waals surface area contributed by atoms with Crippen molar-refractivity contribution < 1.29 is 4.79 Å². The van der Waals surface area contributed by atoms with Crippen molar-refractivity contribution in [2.45, 2.75) is 33.2 Å². The maximum Gasteiger partial charge on any atom is 0.236 e. The molecule has 0 saturated carbocycles. The largest absolute Gasteiger partial charge is 0.368 e. The van der Waals surface area contributed by atoms with E-state index < -0.39 is 0 Å². The summed E-state index contributed by atoms with van der Waals surface area (Å²) in [7, 11) is 0. The third-order valence-corrected chi connectivity index (χ3v) is 2.86. The number of amides is 1. The van der Waals surface area contributed by atoms with Crippen molar-refractivity contribution in [3.63, 3.8) is 0 Å². The molecule has 5 nitrogen and oxygen atoms in total. The van der Waals surface area contributed by atoms with Crippen molar-refractivity contribution in [1.82, 2.24) is 10.3 Å². The van der Waals surface area contributed by atoms with Gasteiger partial charge in [-0.25, -0.2) is 4.98 Å². The topological polar surface area (TPSA) is 71.2 Å². The summed E-state index contributed by atoms with van der Waals surface area (Å²) in [5.41, 5.74) is 6.43. The Balaban J connectivity index is 2.89. The van der Waals surface area contributed by atoms with Gasteiger partial charge in [0.15, 0.2) is 0 Å². The first-order valence-corrected chi connectivity index (χ1v) is 6.86. The first-order chi connectivity index (χ1) is 9.19. The molecule has 0 spiro atoms. The number of nitrogens with zero attached hydrogens (tertiary/aromatic N) is 2. The van der Waals surface area contributed by atoms with Gasteiger partial charge >= 0.3 is 0 Å². The number of carbonyl (C=O) groups excluding carboxylic acids is 1. The molecule has 3 N–H and O–H groups in total. The molecule has 1 amide bonds. The molecule has 1 aromatic rings. The summed E-state index contributed by atoms with van der Waals surface area (Å²) >= 11 is 0. The van der Waals surface area contributed by atoms with E-state index in [2.05, 4.69) is 24.1 Å². The van der Waals surface area contributed by atoms with Crippen molar-refractivity contribution in [2.75, 3.05) is 24.5 Å². The second-order valence-electron chi connectivity index (χ2n) is 4.51. The first-order valence-electron chi connectivity index (χ1n) is 6.86. The zero-order valence-corrected chi connectivity index (χ0v) is 11.9. The van der Waals surface area contributed by atoms with E-state index in [0.29, 0.717) is 0 Å². The van der Waals surface area contributed by atoms with Gasteiger partial charge in [-0.2, -0.15) is 0 Å². The lowest BCUT2D eigenvalue weighted by Gasteiger charge is -2.24. The molecule has 0 saturated heterocycles. The van der Waals surface area contributed by atoms with Crippen LogP contribution in [0, 0.1) is 0 Å². The summed E-state index contributed by atoms with van der Waals surface area (Å²) in [6.45, 7) is 6.86. The zero-order chi connectivity index (χ0) is 14.1. The number of carbonyl (C=O) groups is 1. The highest BCUT2D eigenvalue weighted by atomic mass is 16.1. The number of unbranched alkanes of at least 4 members (excludes halogenated alkanes) is 1. The number of pyridine rings is 1. The minimum Gasteiger partial charge on any atom is -0.368 e. The van der Waals surface area contributed by atoms with Gasteiger partial charge < -0.3 is 16.0 Å². The van der Waals surface area contributed by atoms with E-state index in [9.17, 15) is 4.79 Å². The highest BCUT2D eigenvalue weighted by Gasteiger charge is 2.13. The van der Waals surface area contributed by atoms with Crippen LogP contribution < -0.4 is 16.0 Å². The quantitative estimate of drug-likeness (QED) is 0.705. The van der Waals surface area contributed by atoms with Crippen molar-refractivity contribution in [1.29, 1.82) is 0 Å². The summed E-state index contributed by atoms with van der Waals surface area (Å²) < 4.78 is 0. The minimum atomic E-state index is -0.323. The predicted molar refractivity (Wildman–Crippen MR) is 77.9 cm³/mol. The Hall–Kier alpha value is -1.62. The Morgan fingerprint density at radius 1 is 1.47 bits per heavy atom. The van der Waals surface area contributed by atoms with Gasteiger partial charge in [0.25, 0.3) is 0 Å². The molecule has 0 fully saturated rings. The molecular formula is C14H24N4O. The van der Waals surface area contributed by atoms with Gasteiger partial charge in [-0.3, -0.25) is 4.79 Å². The number of nitrogens with two attached hydrogens (primary N) is 1. The van der Waals surface area contributed by atoms with Crippen LogP contribution in [0.4, 0.5) is 5.82 Å². The number of primary amides is 1. The maximum atomic E-state index is 11.2. The van der Waals surface area contributed by atoms with E-state index in [0.717, 1.165) is 43.9 Å². The average molecular weight is 264 g/mol. The lowest BCUT2D eigenvalue weighted by Crippen LogP contribution is -2.36. The minimum absolute atomic E-state index is 0.218. The summed E-state index contributed by atoms with van der Waals surface area (Å²) in [6, 6.07) is 3.95. The van der Waals surface area contributed by atoms with Crippen molar-refractivity contribution >= 4 is 11.7 Å². The Morgan fingerprint density at radius 3 is 2.89 bits per heavy atom. The van der Waals surface area contributed by atoms with E-state index in [1.54, 1.807) is 6.20 Å². The van der Waals surface area contributed by atoms with Crippen LogP contribution in [-0.2, 0) is 11.3 Å². The smallest absolute Gasteiger partial charge is 0.236 e. The number of hydrogen-bond acceptors (Lipinski definition) is 4. The Kier molecular flexibility index (Phi) is 6.89. The van der Waals surface area contributed by atoms with E-state index >= 15 is 0 Å². The number of anilines is 1. The fraction of sp³-hybridized carbons (Fsp3) is 0.571. The van der Waals surface area contributed by atoms with Crippen LogP contribution in [0.3, 0.4) is 0 Å². The maximum absolute atomic E-state index is 11.2. The number of aromatic nitrogens is 1. The summed E-state index contributed by atoms with van der Waals surface area (Å²) in [5.74, 6) is 0.534.